The molecule has 0 radical (unpaired) electrons. The van der Waals surface area contributed by atoms with E-state index in [-0.39, 0.29) is 17.8 Å². The van der Waals surface area contributed by atoms with Crippen LogP contribution in [0.3, 0.4) is 0 Å². The zero-order valence-corrected chi connectivity index (χ0v) is 18.3. The van der Waals surface area contributed by atoms with Crippen LogP contribution in [0.15, 0.2) is 30.3 Å². The van der Waals surface area contributed by atoms with Crippen molar-refractivity contribution >= 4 is 18.4 Å². The third kappa shape index (κ3) is 4.96. The van der Waals surface area contributed by atoms with E-state index in [0.29, 0.717) is 12.0 Å². The summed E-state index contributed by atoms with van der Waals surface area (Å²) in [7, 11) is 1.80. The molecule has 2 aliphatic carbocycles. The number of carbonyl (C=O) groups is 1. The predicted molar refractivity (Wildman–Crippen MR) is 117 cm³/mol. The summed E-state index contributed by atoms with van der Waals surface area (Å²) in [4.78, 5) is 14.1. The lowest BCUT2D eigenvalue weighted by Crippen LogP contribution is -2.53. The van der Waals surface area contributed by atoms with Crippen LogP contribution >= 0.6 is 12.4 Å². The second-order valence-corrected chi connectivity index (χ2v) is 9.39. The fraction of sp³-hybridized carbons (Fsp3) is 0.696. The Morgan fingerprint density at radius 2 is 1.90 bits per heavy atom. The number of hydrogen-bond donors (Lipinski definition) is 2. The van der Waals surface area contributed by atoms with Gasteiger partial charge in [0.2, 0.25) is 0 Å². The van der Waals surface area contributed by atoms with Gasteiger partial charge in [-0.15, -0.1) is 12.4 Å². The highest BCUT2D eigenvalue weighted by Gasteiger charge is 2.47. The first-order valence-electron chi connectivity index (χ1n) is 10.8. The van der Waals surface area contributed by atoms with E-state index in [4.69, 9.17) is 4.74 Å². The van der Waals surface area contributed by atoms with Crippen LogP contribution in [0.2, 0.25) is 0 Å². The molecule has 1 aromatic rings. The Morgan fingerprint density at radius 3 is 2.45 bits per heavy atom. The van der Waals surface area contributed by atoms with Gasteiger partial charge in [-0.25, -0.2) is 0 Å². The molecule has 0 aromatic heterocycles. The Bertz CT molecular complexity index is 672. The van der Waals surface area contributed by atoms with Crippen molar-refractivity contribution in [3.8, 4) is 0 Å². The van der Waals surface area contributed by atoms with Crippen LogP contribution in [0.25, 0.3) is 0 Å². The van der Waals surface area contributed by atoms with Crippen LogP contribution in [-0.4, -0.2) is 61.9 Å². The molecule has 2 N–H and O–H groups in total. The molecule has 3 aliphatic rings. The standard InChI is InChI=1S/C23H34N2O3.ClH/c1-28-17-22(15-24-20-14-19(20)18-6-3-2-4-7-18)10-12-25(13-11-22)16-23(21(26)27)8-5-9-23;/h2-4,6-7,19-20,24H,5,8-17H2,1H3,(H,26,27);1H/t19-,20+;/m0./s1. The topological polar surface area (TPSA) is 61.8 Å². The normalized spacial score (nSPS) is 27.5. The van der Waals surface area contributed by atoms with Gasteiger partial charge in [0.25, 0.3) is 0 Å². The highest BCUT2D eigenvalue weighted by Crippen LogP contribution is 2.44. The molecule has 0 amide bonds. The third-order valence-electron chi connectivity index (χ3n) is 7.42. The zero-order valence-electron chi connectivity index (χ0n) is 17.4. The first-order chi connectivity index (χ1) is 13.6. The molecular formula is C23H35ClN2O3. The van der Waals surface area contributed by atoms with Gasteiger partial charge in [-0.05, 0) is 50.8 Å². The second kappa shape index (κ2) is 9.34. The Hall–Kier alpha value is -1.14. The monoisotopic (exact) mass is 422 g/mol. The number of benzene rings is 1. The van der Waals surface area contributed by atoms with E-state index in [9.17, 15) is 9.90 Å². The quantitative estimate of drug-likeness (QED) is 0.637. The molecule has 0 unspecified atom stereocenters. The maximum Gasteiger partial charge on any atom is 0.310 e. The molecule has 0 bridgehead atoms. The van der Waals surface area contributed by atoms with Crippen LogP contribution in [0.4, 0.5) is 0 Å². The molecule has 29 heavy (non-hydrogen) atoms. The third-order valence-corrected chi connectivity index (χ3v) is 7.42. The summed E-state index contributed by atoms with van der Waals surface area (Å²) >= 11 is 0. The molecule has 162 valence electrons. The molecule has 2 saturated carbocycles. The minimum Gasteiger partial charge on any atom is -0.481 e. The number of piperidine rings is 1. The number of carboxylic acid groups (broad SMARTS) is 1. The first-order valence-corrected chi connectivity index (χ1v) is 10.8. The molecule has 1 aromatic carbocycles. The van der Waals surface area contributed by atoms with E-state index in [2.05, 4.69) is 40.5 Å². The van der Waals surface area contributed by atoms with Gasteiger partial charge in [0.15, 0.2) is 0 Å². The number of aliphatic carboxylic acids is 1. The van der Waals surface area contributed by atoms with Crippen molar-refractivity contribution in [3.05, 3.63) is 35.9 Å². The van der Waals surface area contributed by atoms with E-state index in [1.54, 1.807) is 7.11 Å². The summed E-state index contributed by atoms with van der Waals surface area (Å²) in [6.07, 6.45) is 6.11. The fourth-order valence-corrected chi connectivity index (χ4v) is 5.17. The van der Waals surface area contributed by atoms with Crippen molar-refractivity contribution in [2.24, 2.45) is 10.8 Å². The number of halogens is 1. The lowest BCUT2D eigenvalue weighted by molar-refractivity contribution is -0.157. The Balaban J connectivity index is 0.00000240. The molecule has 4 rings (SSSR count). The van der Waals surface area contributed by atoms with Gasteiger partial charge in [-0.2, -0.15) is 0 Å². The van der Waals surface area contributed by atoms with Gasteiger partial charge in [0.1, 0.15) is 0 Å². The van der Waals surface area contributed by atoms with Crippen LogP contribution < -0.4 is 5.32 Å². The predicted octanol–water partition coefficient (Wildman–Crippen LogP) is 3.54. The SMILES string of the molecule is COCC1(CN[C@@H]2C[C@H]2c2ccccc2)CCN(CC2(C(=O)O)CCC2)CC1.Cl. The van der Waals surface area contributed by atoms with Gasteiger partial charge in [0, 0.05) is 37.6 Å². The van der Waals surface area contributed by atoms with Crippen molar-refractivity contribution < 1.29 is 14.6 Å². The molecule has 3 fully saturated rings. The maximum atomic E-state index is 11.7. The average Bonchev–Trinajstić information content (AvgIpc) is 3.45. The highest BCUT2D eigenvalue weighted by atomic mass is 35.5. The maximum absolute atomic E-state index is 11.7. The van der Waals surface area contributed by atoms with Crippen molar-refractivity contribution in [2.75, 3.05) is 39.9 Å². The minimum absolute atomic E-state index is 0. The molecule has 1 saturated heterocycles. The van der Waals surface area contributed by atoms with Crippen LogP contribution in [0.1, 0.15) is 50.0 Å². The van der Waals surface area contributed by atoms with Crippen molar-refractivity contribution in [2.45, 2.75) is 50.5 Å². The van der Waals surface area contributed by atoms with E-state index < -0.39 is 11.4 Å². The number of nitrogens with zero attached hydrogens (tertiary/aromatic N) is 1. The zero-order chi connectivity index (χ0) is 19.6. The largest absolute Gasteiger partial charge is 0.481 e. The van der Waals surface area contributed by atoms with Crippen LogP contribution in [0, 0.1) is 10.8 Å². The summed E-state index contributed by atoms with van der Waals surface area (Å²) in [5.41, 5.74) is 1.14. The first kappa shape index (κ1) is 22.5. The fourth-order valence-electron chi connectivity index (χ4n) is 5.17. The number of carboxylic acids is 1. The summed E-state index contributed by atoms with van der Waals surface area (Å²) in [6.45, 7) is 4.45. The van der Waals surface area contributed by atoms with Crippen LogP contribution in [0.5, 0.6) is 0 Å². The Morgan fingerprint density at radius 1 is 1.21 bits per heavy atom. The molecule has 6 heteroatoms. The van der Waals surface area contributed by atoms with E-state index in [0.717, 1.165) is 64.9 Å². The van der Waals surface area contributed by atoms with Crippen LogP contribution in [-0.2, 0) is 9.53 Å². The molecular weight excluding hydrogens is 388 g/mol. The summed E-state index contributed by atoms with van der Waals surface area (Å²) in [5.74, 6) is 0.0461. The molecule has 1 aliphatic heterocycles. The lowest BCUT2D eigenvalue weighted by atomic mass is 9.68. The summed E-state index contributed by atoms with van der Waals surface area (Å²) in [6, 6.07) is 11.4. The second-order valence-electron chi connectivity index (χ2n) is 9.39. The summed E-state index contributed by atoms with van der Waals surface area (Å²) < 4.78 is 5.60. The number of ether oxygens (including phenoxy) is 1. The van der Waals surface area contributed by atoms with Gasteiger partial charge >= 0.3 is 5.97 Å². The Labute approximate surface area is 180 Å². The molecule has 5 nitrogen and oxygen atoms in total. The highest BCUT2D eigenvalue weighted by molar-refractivity contribution is 5.85. The number of nitrogens with one attached hydrogen (secondary N) is 1. The van der Waals surface area contributed by atoms with Gasteiger partial charge in [-0.1, -0.05) is 36.8 Å². The lowest BCUT2D eigenvalue weighted by Gasteiger charge is -2.46. The number of rotatable bonds is 9. The summed E-state index contributed by atoms with van der Waals surface area (Å²) in [5, 5.41) is 13.4. The number of hydrogen-bond acceptors (Lipinski definition) is 4. The average molecular weight is 423 g/mol. The van der Waals surface area contributed by atoms with Crippen molar-refractivity contribution in [1.82, 2.24) is 10.2 Å². The smallest absolute Gasteiger partial charge is 0.310 e. The number of methoxy groups -OCH3 is 1. The van der Waals surface area contributed by atoms with E-state index >= 15 is 0 Å². The van der Waals surface area contributed by atoms with Gasteiger partial charge < -0.3 is 20.1 Å². The Kier molecular flexibility index (Phi) is 7.26. The molecule has 1 heterocycles. The molecule has 0 spiro atoms. The van der Waals surface area contributed by atoms with Gasteiger partial charge in [-0.3, -0.25) is 4.79 Å². The van der Waals surface area contributed by atoms with E-state index in [1.807, 2.05) is 0 Å². The van der Waals surface area contributed by atoms with Gasteiger partial charge in [0.05, 0.1) is 12.0 Å². The number of likely N-dealkylation sites (tertiary alicyclic amines) is 1. The minimum atomic E-state index is -0.602. The van der Waals surface area contributed by atoms with E-state index in [1.165, 1.54) is 12.0 Å². The molecule has 2 atom stereocenters. The van der Waals surface area contributed by atoms with Crippen molar-refractivity contribution in [3.63, 3.8) is 0 Å². The van der Waals surface area contributed by atoms with Crippen molar-refractivity contribution in [1.29, 1.82) is 0 Å².